The van der Waals surface area contributed by atoms with Crippen molar-refractivity contribution in [2.24, 2.45) is 5.73 Å². The van der Waals surface area contributed by atoms with Gasteiger partial charge in [-0.15, -0.1) is 0 Å². The normalized spacial score (nSPS) is 14.1. The van der Waals surface area contributed by atoms with Gasteiger partial charge in [0.05, 0.1) is 13.2 Å². The summed E-state index contributed by atoms with van der Waals surface area (Å²) in [5, 5.41) is 8.88. The summed E-state index contributed by atoms with van der Waals surface area (Å²) < 4.78 is 32.6. The van der Waals surface area contributed by atoms with Gasteiger partial charge in [-0.2, -0.15) is 0 Å². The number of carboxylic acids is 1. The Morgan fingerprint density at radius 3 is 1.46 bits per heavy atom. The molecule has 0 spiro atoms. The van der Waals surface area contributed by atoms with Crippen LogP contribution in [0.1, 0.15) is 194 Å². The predicted molar refractivity (Wildman–Crippen MR) is 226 cm³/mol. The average Bonchev–Trinajstić information content (AvgIpc) is 3.17. The van der Waals surface area contributed by atoms with Gasteiger partial charge in [0.15, 0.2) is 6.10 Å². The van der Waals surface area contributed by atoms with Gasteiger partial charge in [-0.05, 0) is 64.2 Å². The number of phosphoric ester groups is 1. The van der Waals surface area contributed by atoms with Crippen molar-refractivity contribution in [2.45, 2.75) is 206 Å². The monoisotopic (exact) mass is 814 g/mol. The molecule has 0 saturated carbocycles. The molecule has 3 atom stereocenters. The van der Waals surface area contributed by atoms with Crippen LogP contribution in [0.15, 0.2) is 36.5 Å². The highest BCUT2D eigenvalue weighted by atomic mass is 31.2. The van der Waals surface area contributed by atoms with Gasteiger partial charge in [0, 0.05) is 12.8 Å². The lowest BCUT2D eigenvalue weighted by molar-refractivity contribution is -0.161. The minimum Gasteiger partial charge on any atom is -0.480 e. The van der Waals surface area contributed by atoms with E-state index in [4.69, 9.17) is 24.8 Å². The first-order chi connectivity index (χ1) is 27.1. The number of carbonyl (C=O) groups excluding carboxylic acids is 2. The minimum absolute atomic E-state index is 0.0948. The molecule has 0 saturated heterocycles. The Morgan fingerprint density at radius 2 is 0.964 bits per heavy atom. The van der Waals surface area contributed by atoms with E-state index in [1.54, 1.807) is 0 Å². The number of hydrogen-bond donors (Lipinski definition) is 3. The molecular weight excluding hydrogens is 733 g/mol. The lowest BCUT2D eigenvalue weighted by Crippen LogP contribution is -2.34. The minimum atomic E-state index is -4.73. The van der Waals surface area contributed by atoms with Gasteiger partial charge in [-0.25, -0.2) is 4.57 Å². The van der Waals surface area contributed by atoms with Gasteiger partial charge < -0.3 is 25.2 Å². The van der Waals surface area contributed by atoms with E-state index in [-0.39, 0.29) is 19.4 Å². The summed E-state index contributed by atoms with van der Waals surface area (Å²) in [4.78, 5) is 45.9. The molecule has 0 aliphatic heterocycles. The first-order valence-corrected chi connectivity index (χ1v) is 23.5. The van der Waals surface area contributed by atoms with E-state index in [1.165, 1.54) is 109 Å². The third kappa shape index (κ3) is 38.6. The van der Waals surface area contributed by atoms with Crippen molar-refractivity contribution in [3.8, 4) is 0 Å². The van der Waals surface area contributed by atoms with Crippen LogP contribution in [-0.2, 0) is 37.5 Å². The van der Waals surface area contributed by atoms with Crippen molar-refractivity contribution >= 4 is 25.7 Å². The second kappa shape index (κ2) is 39.5. The lowest BCUT2D eigenvalue weighted by atomic mass is 10.1. The van der Waals surface area contributed by atoms with Crippen molar-refractivity contribution in [3.05, 3.63) is 36.5 Å². The number of aliphatic carboxylic acids is 1. The Hall–Kier alpha value is -2.30. The van der Waals surface area contributed by atoms with Crippen LogP contribution in [0, 0.1) is 0 Å². The van der Waals surface area contributed by atoms with E-state index < -0.39 is 51.1 Å². The van der Waals surface area contributed by atoms with Crippen molar-refractivity contribution < 1.29 is 47.5 Å². The van der Waals surface area contributed by atoms with Gasteiger partial charge in [0.2, 0.25) is 0 Å². The summed E-state index contributed by atoms with van der Waals surface area (Å²) >= 11 is 0. The zero-order valence-electron chi connectivity index (χ0n) is 35.2. The van der Waals surface area contributed by atoms with E-state index >= 15 is 0 Å². The molecule has 326 valence electrons. The zero-order chi connectivity index (χ0) is 41.4. The topological polar surface area (TPSA) is 172 Å². The van der Waals surface area contributed by atoms with Crippen molar-refractivity contribution in [1.29, 1.82) is 0 Å². The molecule has 0 aliphatic rings. The summed E-state index contributed by atoms with van der Waals surface area (Å²) in [6.07, 6.45) is 42.2. The first kappa shape index (κ1) is 53.7. The van der Waals surface area contributed by atoms with Gasteiger partial charge in [-0.3, -0.25) is 23.4 Å². The fourth-order valence-electron chi connectivity index (χ4n) is 5.86. The number of hydrogen-bond acceptors (Lipinski definition) is 9. The number of carboxylic acid groups (broad SMARTS) is 1. The van der Waals surface area contributed by atoms with Crippen LogP contribution in [0.5, 0.6) is 0 Å². The fraction of sp³-hybridized carbons (Fsp3) is 0.795. The Labute approximate surface area is 340 Å². The number of esters is 2. The first-order valence-electron chi connectivity index (χ1n) is 22.0. The third-order valence-corrected chi connectivity index (χ3v) is 10.3. The molecule has 0 bridgehead atoms. The third-order valence-electron chi connectivity index (χ3n) is 9.36. The Kier molecular flexibility index (Phi) is 37.9. The Bertz CT molecular complexity index is 1100. The van der Waals surface area contributed by atoms with E-state index in [0.29, 0.717) is 19.3 Å². The molecule has 0 aliphatic carbocycles. The Morgan fingerprint density at radius 1 is 0.554 bits per heavy atom. The standard InChI is InChI=1S/C44H80NO10P/c1-3-5-7-9-11-13-15-17-19-20-22-24-26-28-30-32-34-36-43(47)55-40(38-53-56(50,51)54-39-41(45)44(48)49)37-52-42(46)35-33-31-29-27-25-23-21-18-16-14-12-10-8-6-4-2/h22-25,28,30,40-41H,3-21,26-27,29,31-39,45H2,1-2H3,(H,48,49)(H,50,51)/b24-22+,25-23+,30-28+/t40-,41+/m1/s1. The number of carbonyl (C=O) groups is 3. The number of ether oxygens (including phenoxy) is 2. The SMILES string of the molecule is CCCCCCCCCC/C=C/CCCCCC(=O)OC[C@H](COP(=O)(O)OC[C@H](N)C(=O)O)OC(=O)CCC/C=C/C/C=C/CCCCCCCCCCC. The molecule has 1 unspecified atom stereocenters. The molecule has 0 radical (unpaired) electrons. The summed E-state index contributed by atoms with van der Waals surface area (Å²) in [6, 6.07) is -1.53. The molecule has 0 rings (SSSR count). The fourth-order valence-corrected chi connectivity index (χ4v) is 6.64. The van der Waals surface area contributed by atoms with Gasteiger partial charge in [0.1, 0.15) is 12.6 Å². The molecular formula is C44H80NO10P. The number of rotatable bonds is 41. The smallest absolute Gasteiger partial charge is 0.472 e. The van der Waals surface area contributed by atoms with Crippen LogP contribution in [0.4, 0.5) is 0 Å². The van der Waals surface area contributed by atoms with E-state index in [9.17, 15) is 23.8 Å². The average molecular weight is 814 g/mol. The molecule has 0 aromatic heterocycles. The molecule has 0 fully saturated rings. The second-order valence-electron chi connectivity index (χ2n) is 14.8. The molecule has 12 heteroatoms. The molecule has 0 aromatic rings. The second-order valence-corrected chi connectivity index (χ2v) is 16.3. The van der Waals surface area contributed by atoms with Crippen LogP contribution < -0.4 is 5.73 Å². The van der Waals surface area contributed by atoms with Crippen molar-refractivity contribution in [1.82, 2.24) is 0 Å². The highest BCUT2D eigenvalue weighted by Gasteiger charge is 2.28. The molecule has 0 heterocycles. The maximum Gasteiger partial charge on any atom is 0.472 e. The van der Waals surface area contributed by atoms with Crippen LogP contribution >= 0.6 is 7.82 Å². The van der Waals surface area contributed by atoms with Crippen LogP contribution in [-0.4, -0.2) is 59.9 Å². The number of nitrogens with two attached hydrogens (primary N) is 1. The number of unbranched alkanes of at least 4 members (excludes halogenated alkanes) is 21. The molecule has 0 amide bonds. The number of phosphoric acid groups is 1. The molecule has 0 aromatic carbocycles. The molecule has 4 N–H and O–H groups in total. The molecule has 11 nitrogen and oxygen atoms in total. The van der Waals surface area contributed by atoms with E-state index in [1.807, 2.05) is 6.08 Å². The van der Waals surface area contributed by atoms with E-state index in [2.05, 4.69) is 48.8 Å². The maximum atomic E-state index is 12.6. The van der Waals surface area contributed by atoms with Gasteiger partial charge in [0.25, 0.3) is 0 Å². The maximum absolute atomic E-state index is 12.6. The van der Waals surface area contributed by atoms with Crippen LogP contribution in [0.25, 0.3) is 0 Å². The largest absolute Gasteiger partial charge is 0.480 e. The van der Waals surface area contributed by atoms with Gasteiger partial charge >= 0.3 is 25.7 Å². The number of allylic oxidation sites excluding steroid dienone is 6. The molecule has 56 heavy (non-hydrogen) atoms. The summed E-state index contributed by atoms with van der Waals surface area (Å²) in [6.45, 7) is 2.75. The lowest BCUT2D eigenvalue weighted by Gasteiger charge is -2.20. The van der Waals surface area contributed by atoms with Crippen LogP contribution in [0.3, 0.4) is 0 Å². The quantitative estimate of drug-likeness (QED) is 0.0232. The Balaban J connectivity index is 4.44. The van der Waals surface area contributed by atoms with Crippen molar-refractivity contribution in [2.75, 3.05) is 19.8 Å². The summed E-state index contributed by atoms with van der Waals surface area (Å²) in [7, 11) is -4.73. The van der Waals surface area contributed by atoms with Crippen LogP contribution in [0.2, 0.25) is 0 Å². The van der Waals surface area contributed by atoms with Crippen molar-refractivity contribution in [3.63, 3.8) is 0 Å². The summed E-state index contributed by atoms with van der Waals surface area (Å²) in [5.74, 6) is -2.45. The van der Waals surface area contributed by atoms with Gasteiger partial charge in [-0.1, -0.05) is 153 Å². The highest BCUT2D eigenvalue weighted by Crippen LogP contribution is 2.43. The zero-order valence-corrected chi connectivity index (χ0v) is 36.1. The predicted octanol–water partition coefficient (Wildman–Crippen LogP) is 11.6. The highest BCUT2D eigenvalue weighted by molar-refractivity contribution is 7.47. The van der Waals surface area contributed by atoms with E-state index in [0.717, 1.165) is 38.5 Å². The summed E-state index contributed by atoms with van der Waals surface area (Å²) in [5.41, 5.74) is 5.33.